The Bertz CT molecular complexity index is 457. The van der Waals surface area contributed by atoms with E-state index in [4.69, 9.17) is 0 Å². The lowest BCUT2D eigenvalue weighted by molar-refractivity contribution is -0.139. The molecule has 0 atom stereocenters. The van der Waals surface area contributed by atoms with E-state index >= 15 is 0 Å². The van der Waals surface area contributed by atoms with Crippen molar-refractivity contribution in [2.45, 2.75) is 6.92 Å². The van der Waals surface area contributed by atoms with Crippen LogP contribution in [0.15, 0.2) is 41.4 Å². The molecule has 1 aromatic carbocycles. The second-order valence-electron chi connectivity index (χ2n) is 3.60. The number of carbonyl (C=O) groups excluding carboxylic acids is 2. The number of benzene rings is 1. The lowest BCUT2D eigenvalue weighted by Crippen LogP contribution is -2.23. The fourth-order valence-corrected chi connectivity index (χ4v) is 2.01. The van der Waals surface area contributed by atoms with E-state index < -0.39 is 0 Å². The molecule has 5 heteroatoms. The first kappa shape index (κ1) is 15.3. The summed E-state index contributed by atoms with van der Waals surface area (Å²) in [4.78, 5) is 23.1. The summed E-state index contributed by atoms with van der Waals surface area (Å²) in [6.07, 6.45) is 1.51. The number of hydrogen-bond donors (Lipinski definition) is 1. The molecule has 1 rings (SSSR count). The number of nitrogens with one attached hydrogen (secondary N) is 1. The van der Waals surface area contributed by atoms with Crippen molar-refractivity contribution < 1.29 is 14.3 Å². The van der Waals surface area contributed by atoms with E-state index in [1.54, 1.807) is 12.1 Å². The van der Waals surface area contributed by atoms with Crippen LogP contribution in [0.3, 0.4) is 0 Å². The van der Waals surface area contributed by atoms with Crippen LogP contribution in [0, 0.1) is 0 Å². The van der Waals surface area contributed by atoms with Gasteiger partial charge < -0.3 is 10.1 Å². The van der Waals surface area contributed by atoms with Crippen LogP contribution in [-0.4, -0.2) is 31.2 Å². The zero-order chi connectivity index (χ0) is 14.1. The minimum atomic E-state index is -0.366. The van der Waals surface area contributed by atoms with Crippen LogP contribution in [-0.2, 0) is 9.53 Å². The number of methoxy groups -OCH3 is 1. The summed E-state index contributed by atoms with van der Waals surface area (Å²) in [5.74, 6) is 0.353. The van der Waals surface area contributed by atoms with Crippen LogP contribution in [0.1, 0.15) is 17.3 Å². The summed E-state index contributed by atoms with van der Waals surface area (Å²) in [6, 6.07) is 9.00. The summed E-state index contributed by atoms with van der Waals surface area (Å²) < 4.78 is 4.55. The Labute approximate surface area is 117 Å². The Hall–Kier alpha value is -1.75. The minimum absolute atomic E-state index is 0.0530. The number of ketones is 1. The Balaban J connectivity index is 2.72. The molecule has 1 aromatic rings. The fourth-order valence-electron chi connectivity index (χ4n) is 1.34. The van der Waals surface area contributed by atoms with E-state index in [0.717, 1.165) is 5.75 Å². The highest BCUT2D eigenvalue weighted by atomic mass is 32.2. The van der Waals surface area contributed by atoms with Gasteiger partial charge in [-0.3, -0.25) is 9.59 Å². The first-order valence-electron chi connectivity index (χ1n) is 5.92. The summed E-state index contributed by atoms with van der Waals surface area (Å²) in [7, 11) is 1.33. The van der Waals surface area contributed by atoms with Gasteiger partial charge in [0.25, 0.3) is 0 Å². The van der Waals surface area contributed by atoms with Gasteiger partial charge in [0.05, 0.1) is 12.1 Å². The normalized spacial score (nSPS) is 10.9. The maximum Gasteiger partial charge on any atom is 0.325 e. The van der Waals surface area contributed by atoms with Gasteiger partial charge in [-0.2, -0.15) is 0 Å². The van der Waals surface area contributed by atoms with Crippen molar-refractivity contribution in [3.05, 3.63) is 47.0 Å². The zero-order valence-corrected chi connectivity index (χ0v) is 11.8. The highest BCUT2D eigenvalue weighted by molar-refractivity contribution is 8.03. The molecular formula is C14H17NO3S. The van der Waals surface area contributed by atoms with Gasteiger partial charge in [0.15, 0.2) is 5.78 Å². The lowest BCUT2D eigenvalue weighted by atomic mass is 10.1. The van der Waals surface area contributed by atoms with E-state index in [1.807, 2.05) is 25.1 Å². The van der Waals surface area contributed by atoms with Gasteiger partial charge in [-0.05, 0) is 5.75 Å². The lowest BCUT2D eigenvalue weighted by Gasteiger charge is -2.08. The molecule has 0 unspecified atom stereocenters. The third-order valence-corrected chi connectivity index (χ3v) is 3.12. The van der Waals surface area contributed by atoms with Crippen molar-refractivity contribution in [3.63, 3.8) is 0 Å². The summed E-state index contributed by atoms with van der Waals surface area (Å²) in [5.41, 5.74) is 0.622. The molecule has 0 heterocycles. The molecule has 0 spiro atoms. The van der Waals surface area contributed by atoms with Gasteiger partial charge >= 0.3 is 5.97 Å². The SMILES string of the molecule is CCS/C(=C\C(=O)c1ccccc1)NCC(=O)OC. The van der Waals surface area contributed by atoms with Crippen molar-refractivity contribution in [2.75, 3.05) is 19.4 Å². The molecule has 0 fully saturated rings. The minimum Gasteiger partial charge on any atom is -0.468 e. The monoisotopic (exact) mass is 279 g/mol. The number of ether oxygens (including phenoxy) is 1. The number of carbonyl (C=O) groups is 2. The standard InChI is InChI=1S/C14H17NO3S/c1-3-19-13(15-10-14(17)18-2)9-12(16)11-7-5-4-6-8-11/h4-9,15H,3,10H2,1-2H3/b13-9-. The van der Waals surface area contributed by atoms with Gasteiger partial charge in [-0.25, -0.2) is 0 Å². The Kier molecular flexibility index (Phi) is 6.74. The van der Waals surface area contributed by atoms with Crippen LogP contribution >= 0.6 is 11.8 Å². The molecule has 19 heavy (non-hydrogen) atoms. The largest absolute Gasteiger partial charge is 0.468 e. The van der Waals surface area contributed by atoms with E-state index in [2.05, 4.69) is 10.1 Å². The Morgan fingerprint density at radius 1 is 1.32 bits per heavy atom. The molecule has 0 aliphatic rings. The highest BCUT2D eigenvalue weighted by Crippen LogP contribution is 2.13. The van der Waals surface area contributed by atoms with Gasteiger partial charge in [-0.1, -0.05) is 37.3 Å². The van der Waals surface area contributed by atoms with Crippen molar-refractivity contribution in [2.24, 2.45) is 0 Å². The van der Waals surface area contributed by atoms with Gasteiger partial charge in [0, 0.05) is 11.6 Å². The number of rotatable bonds is 7. The molecule has 1 N–H and O–H groups in total. The molecule has 0 bridgehead atoms. The Morgan fingerprint density at radius 2 is 2.00 bits per heavy atom. The summed E-state index contributed by atoms with van der Waals surface area (Å²) in [5, 5.41) is 3.57. The first-order chi connectivity index (χ1) is 9.17. The van der Waals surface area contributed by atoms with Gasteiger partial charge in [-0.15, -0.1) is 11.8 Å². The van der Waals surface area contributed by atoms with Gasteiger partial charge in [0.2, 0.25) is 0 Å². The average molecular weight is 279 g/mol. The Morgan fingerprint density at radius 3 is 2.58 bits per heavy atom. The molecule has 0 saturated carbocycles. The number of thioether (sulfide) groups is 1. The molecule has 0 aromatic heterocycles. The quantitative estimate of drug-likeness (QED) is 0.471. The van der Waals surface area contributed by atoms with E-state index in [1.165, 1.54) is 24.9 Å². The summed E-state index contributed by atoms with van der Waals surface area (Å²) >= 11 is 1.47. The second kappa shape index (κ2) is 8.37. The van der Waals surface area contributed by atoms with Crippen LogP contribution in [0.4, 0.5) is 0 Å². The third-order valence-electron chi connectivity index (χ3n) is 2.25. The predicted octanol–water partition coefficient (Wildman–Crippen LogP) is 2.23. The zero-order valence-electron chi connectivity index (χ0n) is 11.0. The average Bonchev–Trinajstić information content (AvgIpc) is 2.45. The second-order valence-corrected chi connectivity index (χ2v) is 4.91. The van der Waals surface area contributed by atoms with Gasteiger partial charge in [0.1, 0.15) is 6.54 Å². The third kappa shape index (κ3) is 5.61. The molecular weight excluding hydrogens is 262 g/mol. The van der Waals surface area contributed by atoms with Crippen molar-refractivity contribution in [3.8, 4) is 0 Å². The van der Waals surface area contributed by atoms with Crippen molar-refractivity contribution in [1.82, 2.24) is 5.32 Å². The highest BCUT2D eigenvalue weighted by Gasteiger charge is 2.06. The molecule has 0 aliphatic carbocycles. The molecule has 0 aliphatic heterocycles. The molecule has 4 nitrogen and oxygen atoms in total. The summed E-state index contributed by atoms with van der Waals surface area (Å²) in [6.45, 7) is 2.03. The molecule has 0 radical (unpaired) electrons. The molecule has 0 amide bonds. The van der Waals surface area contributed by atoms with Crippen LogP contribution < -0.4 is 5.32 Å². The molecule has 0 saturated heterocycles. The van der Waals surface area contributed by atoms with Crippen LogP contribution in [0.5, 0.6) is 0 Å². The van der Waals surface area contributed by atoms with Crippen molar-refractivity contribution in [1.29, 1.82) is 0 Å². The smallest absolute Gasteiger partial charge is 0.325 e. The number of hydrogen-bond acceptors (Lipinski definition) is 5. The van der Waals surface area contributed by atoms with E-state index in [-0.39, 0.29) is 18.3 Å². The maximum atomic E-state index is 12.0. The topological polar surface area (TPSA) is 55.4 Å². The van der Waals surface area contributed by atoms with Crippen molar-refractivity contribution >= 4 is 23.5 Å². The van der Waals surface area contributed by atoms with E-state index in [9.17, 15) is 9.59 Å². The van der Waals surface area contributed by atoms with Crippen LogP contribution in [0.25, 0.3) is 0 Å². The predicted molar refractivity (Wildman–Crippen MR) is 77.0 cm³/mol. The van der Waals surface area contributed by atoms with E-state index in [0.29, 0.717) is 10.6 Å². The first-order valence-corrected chi connectivity index (χ1v) is 6.90. The number of allylic oxidation sites excluding steroid dienone is 1. The van der Waals surface area contributed by atoms with Crippen LogP contribution in [0.2, 0.25) is 0 Å². The molecule has 102 valence electrons. The number of esters is 1. The maximum absolute atomic E-state index is 12.0. The fraction of sp³-hybridized carbons (Fsp3) is 0.286.